The minimum atomic E-state index is -1.15. The first-order valence-electron chi connectivity index (χ1n) is 5.70. The molecule has 1 aromatic rings. The minimum absolute atomic E-state index is 0.0399. The van der Waals surface area contributed by atoms with E-state index in [0.29, 0.717) is 17.1 Å². The van der Waals surface area contributed by atoms with Gasteiger partial charge < -0.3 is 25.2 Å². The quantitative estimate of drug-likeness (QED) is 0.702. The molecule has 1 heterocycles. The molecule has 0 spiro atoms. The maximum atomic E-state index is 11.5. The van der Waals surface area contributed by atoms with Crippen LogP contribution in [0.1, 0.15) is 0 Å². The van der Waals surface area contributed by atoms with E-state index in [9.17, 15) is 14.4 Å². The Morgan fingerprint density at radius 2 is 2.20 bits per heavy atom. The number of anilines is 2. The van der Waals surface area contributed by atoms with Crippen LogP contribution in [0.15, 0.2) is 18.2 Å². The number of carbonyl (C=O) groups is 3. The number of hydrogen-bond acceptors (Lipinski definition) is 5. The van der Waals surface area contributed by atoms with Crippen molar-refractivity contribution in [2.45, 2.75) is 0 Å². The Kier molecular flexibility index (Phi) is 4.16. The number of ether oxygens (including phenoxy) is 2. The topological polar surface area (TPSA) is 114 Å². The maximum absolute atomic E-state index is 11.5. The van der Waals surface area contributed by atoms with Gasteiger partial charge in [0.05, 0.1) is 5.69 Å². The van der Waals surface area contributed by atoms with Gasteiger partial charge in [-0.05, 0) is 18.2 Å². The fourth-order valence-corrected chi connectivity index (χ4v) is 1.59. The van der Waals surface area contributed by atoms with Crippen molar-refractivity contribution in [3.63, 3.8) is 0 Å². The summed E-state index contributed by atoms with van der Waals surface area (Å²) >= 11 is 0. The van der Waals surface area contributed by atoms with Crippen LogP contribution in [0.5, 0.6) is 5.75 Å². The average Bonchev–Trinajstić information content (AvgIpc) is 2.37. The number of carboxylic acid groups (broad SMARTS) is 1. The van der Waals surface area contributed by atoms with Gasteiger partial charge in [-0.15, -0.1) is 0 Å². The number of carbonyl (C=O) groups excluding carboxylic acids is 2. The summed E-state index contributed by atoms with van der Waals surface area (Å²) in [6, 6.07) is 4.76. The van der Waals surface area contributed by atoms with E-state index in [2.05, 4.69) is 15.4 Å². The molecule has 0 unspecified atom stereocenters. The third kappa shape index (κ3) is 3.69. The zero-order chi connectivity index (χ0) is 14.5. The van der Waals surface area contributed by atoms with Crippen molar-refractivity contribution in [3.8, 4) is 5.75 Å². The van der Waals surface area contributed by atoms with Crippen LogP contribution in [0.25, 0.3) is 0 Å². The second-order valence-corrected chi connectivity index (χ2v) is 3.98. The highest BCUT2D eigenvalue weighted by atomic mass is 16.5. The van der Waals surface area contributed by atoms with Crippen molar-refractivity contribution in [1.82, 2.24) is 0 Å². The molecule has 8 nitrogen and oxygen atoms in total. The van der Waals surface area contributed by atoms with Crippen LogP contribution in [0.3, 0.4) is 0 Å². The molecule has 0 aliphatic carbocycles. The normalized spacial score (nSPS) is 12.9. The first kappa shape index (κ1) is 13.8. The summed E-state index contributed by atoms with van der Waals surface area (Å²) in [5.41, 5.74) is 0.906. The van der Waals surface area contributed by atoms with Crippen molar-refractivity contribution < 1.29 is 29.0 Å². The predicted octanol–water partition coefficient (Wildman–Crippen LogP) is 0.0572. The SMILES string of the molecule is O=C(O)COCC(=O)Nc1ccc2c(c1)NC(=O)CO2. The van der Waals surface area contributed by atoms with Gasteiger partial charge in [-0.2, -0.15) is 0 Å². The lowest BCUT2D eigenvalue weighted by atomic mass is 10.2. The Labute approximate surface area is 113 Å². The summed E-state index contributed by atoms with van der Waals surface area (Å²) in [5.74, 6) is -1.39. The first-order chi connectivity index (χ1) is 9.54. The summed E-state index contributed by atoms with van der Waals surface area (Å²) in [7, 11) is 0. The Balaban J connectivity index is 1.93. The van der Waals surface area contributed by atoms with Gasteiger partial charge in [0.25, 0.3) is 5.91 Å². The molecule has 0 saturated heterocycles. The van der Waals surface area contributed by atoms with E-state index in [0.717, 1.165) is 0 Å². The van der Waals surface area contributed by atoms with Gasteiger partial charge in [-0.1, -0.05) is 0 Å². The van der Waals surface area contributed by atoms with E-state index < -0.39 is 18.5 Å². The molecule has 1 aliphatic heterocycles. The van der Waals surface area contributed by atoms with E-state index in [-0.39, 0.29) is 19.1 Å². The zero-order valence-corrected chi connectivity index (χ0v) is 10.3. The van der Waals surface area contributed by atoms with Gasteiger partial charge in [0.2, 0.25) is 5.91 Å². The molecule has 8 heteroatoms. The van der Waals surface area contributed by atoms with E-state index in [1.165, 1.54) is 0 Å². The molecule has 0 saturated carbocycles. The summed E-state index contributed by atoms with van der Waals surface area (Å²) in [6.45, 7) is -0.949. The number of amides is 2. The van der Waals surface area contributed by atoms with Gasteiger partial charge in [-0.25, -0.2) is 4.79 Å². The Morgan fingerprint density at radius 3 is 2.95 bits per heavy atom. The van der Waals surface area contributed by atoms with Crippen LogP contribution in [-0.4, -0.2) is 42.7 Å². The van der Waals surface area contributed by atoms with Gasteiger partial charge in [-0.3, -0.25) is 9.59 Å². The molecule has 3 N–H and O–H groups in total. The van der Waals surface area contributed by atoms with E-state index in [1.54, 1.807) is 18.2 Å². The molecule has 0 aromatic heterocycles. The van der Waals surface area contributed by atoms with Crippen molar-refractivity contribution in [2.24, 2.45) is 0 Å². The second kappa shape index (κ2) is 6.02. The largest absolute Gasteiger partial charge is 0.482 e. The summed E-state index contributed by atoms with van der Waals surface area (Å²) in [6.07, 6.45) is 0. The third-order valence-electron chi connectivity index (χ3n) is 2.35. The lowest BCUT2D eigenvalue weighted by Crippen LogP contribution is -2.25. The van der Waals surface area contributed by atoms with Crippen molar-refractivity contribution in [2.75, 3.05) is 30.5 Å². The minimum Gasteiger partial charge on any atom is -0.482 e. The lowest BCUT2D eigenvalue weighted by molar-refractivity contribution is -0.143. The highest BCUT2D eigenvalue weighted by molar-refractivity contribution is 5.97. The highest BCUT2D eigenvalue weighted by Gasteiger charge is 2.16. The van der Waals surface area contributed by atoms with Crippen LogP contribution in [0.2, 0.25) is 0 Å². The van der Waals surface area contributed by atoms with Crippen LogP contribution in [-0.2, 0) is 19.1 Å². The van der Waals surface area contributed by atoms with Crippen molar-refractivity contribution in [3.05, 3.63) is 18.2 Å². The Morgan fingerprint density at radius 1 is 1.40 bits per heavy atom. The number of benzene rings is 1. The van der Waals surface area contributed by atoms with Gasteiger partial charge >= 0.3 is 5.97 Å². The molecule has 0 radical (unpaired) electrons. The Hall–Kier alpha value is -2.61. The molecule has 0 fully saturated rings. The molecular formula is C12H12N2O6. The lowest BCUT2D eigenvalue weighted by Gasteiger charge is -2.18. The molecule has 2 amide bonds. The van der Waals surface area contributed by atoms with Crippen LogP contribution in [0, 0.1) is 0 Å². The zero-order valence-electron chi connectivity index (χ0n) is 10.3. The van der Waals surface area contributed by atoms with Crippen LogP contribution >= 0.6 is 0 Å². The molecule has 0 bridgehead atoms. The van der Waals surface area contributed by atoms with Crippen molar-refractivity contribution >= 4 is 29.2 Å². The maximum Gasteiger partial charge on any atom is 0.329 e. The van der Waals surface area contributed by atoms with E-state index in [4.69, 9.17) is 9.84 Å². The van der Waals surface area contributed by atoms with Gasteiger partial charge in [0.15, 0.2) is 6.61 Å². The molecule has 1 aromatic carbocycles. The first-order valence-corrected chi connectivity index (χ1v) is 5.70. The molecule has 20 heavy (non-hydrogen) atoms. The molecular weight excluding hydrogens is 268 g/mol. The number of hydrogen-bond donors (Lipinski definition) is 3. The monoisotopic (exact) mass is 280 g/mol. The second-order valence-electron chi connectivity index (χ2n) is 3.98. The predicted molar refractivity (Wildman–Crippen MR) is 67.7 cm³/mol. The molecule has 1 aliphatic rings. The highest BCUT2D eigenvalue weighted by Crippen LogP contribution is 2.30. The fourth-order valence-electron chi connectivity index (χ4n) is 1.59. The third-order valence-corrected chi connectivity index (χ3v) is 2.35. The number of carboxylic acids is 1. The van der Waals surface area contributed by atoms with E-state index >= 15 is 0 Å². The number of aliphatic carboxylic acids is 1. The number of rotatable bonds is 5. The molecule has 106 valence electrons. The summed E-state index contributed by atoms with van der Waals surface area (Å²) < 4.78 is 9.82. The van der Waals surface area contributed by atoms with E-state index in [1.807, 2.05) is 0 Å². The van der Waals surface area contributed by atoms with Crippen LogP contribution in [0.4, 0.5) is 11.4 Å². The van der Waals surface area contributed by atoms with Crippen LogP contribution < -0.4 is 15.4 Å². The van der Waals surface area contributed by atoms with Gasteiger partial charge in [0.1, 0.15) is 19.0 Å². The standard InChI is InChI=1S/C12H12N2O6/c15-10(4-19-6-12(17)18)13-7-1-2-9-8(3-7)14-11(16)5-20-9/h1-3H,4-6H2,(H,13,15)(H,14,16)(H,17,18). The molecule has 2 rings (SSSR count). The summed E-state index contributed by atoms with van der Waals surface area (Å²) in [4.78, 5) is 32.9. The average molecular weight is 280 g/mol. The summed E-state index contributed by atoms with van der Waals surface area (Å²) in [5, 5.41) is 13.5. The molecule has 0 atom stereocenters. The fraction of sp³-hybridized carbons (Fsp3) is 0.250. The van der Waals surface area contributed by atoms with Crippen molar-refractivity contribution in [1.29, 1.82) is 0 Å². The number of nitrogens with one attached hydrogen (secondary N) is 2. The Bertz CT molecular complexity index is 557. The smallest absolute Gasteiger partial charge is 0.329 e. The van der Waals surface area contributed by atoms with Gasteiger partial charge in [0, 0.05) is 5.69 Å². The number of fused-ring (bicyclic) bond motifs is 1.